The fourth-order valence-corrected chi connectivity index (χ4v) is 11.5. The van der Waals surface area contributed by atoms with Crippen molar-refractivity contribution in [2.24, 2.45) is 4.99 Å². The number of ether oxygens (including phenoxy) is 8. The molecule has 0 radical (unpaired) electrons. The Hall–Kier alpha value is -11.3. The van der Waals surface area contributed by atoms with Gasteiger partial charge in [0.1, 0.15) is 55.5 Å². The zero-order valence-electron chi connectivity index (χ0n) is 56.2. The maximum atomic E-state index is 12.4. The number of thiocarbonyl (C=S) groups is 2. The van der Waals surface area contributed by atoms with Crippen molar-refractivity contribution in [3.05, 3.63) is 203 Å². The van der Waals surface area contributed by atoms with Gasteiger partial charge in [-0.25, -0.2) is 19.7 Å². The van der Waals surface area contributed by atoms with Crippen molar-refractivity contribution < 1.29 is 78.1 Å². The van der Waals surface area contributed by atoms with Crippen molar-refractivity contribution in [2.75, 3.05) is 27.2 Å². The van der Waals surface area contributed by atoms with E-state index in [4.69, 9.17) is 71.9 Å². The van der Waals surface area contributed by atoms with Gasteiger partial charge >= 0.3 is 11.4 Å². The first kappa shape index (κ1) is 72.5. The van der Waals surface area contributed by atoms with Crippen molar-refractivity contribution in [3.8, 4) is 97.6 Å². The molecule has 0 unspecified atom stereocenters. The average Bonchev–Trinajstić information content (AvgIpc) is 1.77. The van der Waals surface area contributed by atoms with E-state index in [-0.39, 0.29) is 109 Å². The number of phenols is 7. The number of aromatic hydroxyl groups is 7. The molecule has 2 aromatic heterocycles. The predicted molar refractivity (Wildman–Crippen MR) is 386 cm³/mol. The Bertz CT molecular complexity index is 4960. The number of aromatic amines is 1. The third kappa shape index (κ3) is 17.4. The standard InChI is InChI=1S/C19H19N3O5.C19H17NO5S.C18H19NO4S.C9H7NO2S.C9H12O2/c1-10(2)12-6-13(15(24)7-14(12)23)18-20-21-19(25)22(18)8-11-3-4-16-17(5-11)27-9-26-16;1-10(2)12-6-13-16(7-14(12)21)25-19(22)20(18(13)26)8-11-3-4-15-17(5-11)24-9-23-15;1-10(2)12-6-13(15(21)7-14(12)20)18(24)19-8-11-3-4-16-17(5-11)23-9-22-16;13-5-10-4-7-1-2-8-9(3-7)12-6-11-8;1-6(2)8-4-3-7(10)5-9(8)11/h3-7,10,23-24H,8-9H2,1-2H3,(H,21,25);3-7,10,21H,8-9H2,1-2H3;3-7,10,20-21H,8-9H2,1-2H3,(H,19,24);1-3H,4,6H2;3-6,10-11H,1-2H3. The maximum Gasteiger partial charge on any atom is 0.420 e. The maximum absolute atomic E-state index is 12.4. The van der Waals surface area contributed by atoms with Gasteiger partial charge in [-0.3, -0.25) is 9.13 Å². The zero-order chi connectivity index (χ0) is 72.3. The van der Waals surface area contributed by atoms with E-state index in [9.17, 15) is 40.2 Å². The number of benzene rings is 8. The van der Waals surface area contributed by atoms with Crippen LogP contribution >= 0.6 is 36.7 Å². The molecule has 0 saturated carbocycles. The first-order valence-corrected chi connectivity index (χ1v) is 33.1. The highest BCUT2D eigenvalue weighted by Gasteiger charge is 2.23. The van der Waals surface area contributed by atoms with Gasteiger partial charge in [-0.1, -0.05) is 110 Å². The number of fused-ring (bicyclic) bond motifs is 5. The van der Waals surface area contributed by atoms with E-state index in [1.54, 1.807) is 42.5 Å². The first-order chi connectivity index (χ1) is 48.3. The Morgan fingerprint density at radius 2 is 0.960 bits per heavy atom. The normalized spacial score (nSPS) is 12.4. The van der Waals surface area contributed by atoms with Gasteiger partial charge in [-0.2, -0.15) is 5.10 Å². The Balaban J connectivity index is 0.000000141. The van der Waals surface area contributed by atoms with Gasteiger partial charge in [-0.05, 0) is 153 Å². The molecule has 0 saturated heterocycles. The highest BCUT2D eigenvalue weighted by molar-refractivity contribution is 7.80. The fourth-order valence-electron chi connectivity index (χ4n) is 10.9. The summed E-state index contributed by atoms with van der Waals surface area (Å²) in [6, 6.07) is 36.2. The number of H-pyrrole nitrogens is 1. The summed E-state index contributed by atoms with van der Waals surface area (Å²) < 4.78 is 50.9. The summed E-state index contributed by atoms with van der Waals surface area (Å²) in [6.45, 7) is 18.2. The molecule has 0 spiro atoms. The third-order valence-corrected chi connectivity index (χ3v) is 17.2. The molecule has 24 nitrogen and oxygen atoms in total. The Morgan fingerprint density at radius 3 is 1.49 bits per heavy atom. The second kappa shape index (κ2) is 32.2. The van der Waals surface area contributed by atoms with Crippen LogP contribution in [0.5, 0.6) is 86.2 Å². The number of phenolic OH excluding ortho intramolecular Hbond substituents is 7. The van der Waals surface area contributed by atoms with E-state index in [1.807, 2.05) is 116 Å². The first-order valence-electron chi connectivity index (χ1n) is 31.9. The van der Waals surface area contributed by atoms with Crippen LogP contribution in [0.1, 0.15) is 129 Å². The minimum absolute atomic E-state index is 0.00598. The number of nitrogens with zero attached hydrogens (tertiary/aromatic N) is 4. The van der Waals surface area contributed by atoms with Gasteiger partial charge in [0.2, 0.25) is 27.2 Å². The van der Waals surface area contributed by atoms with E-state index in [0.717, 1.165) is 61.9 Å². The highest BCUT2D eigenvalue weighted by atomic mass is 32.1. The number of isothiocyanates is 1. The number of rotatable bonds is 14. The average molecular weight is 1430 g/mol. The van der Waals surface area contributed by atoms with Crippen molar-refractivity contribution in [1.29, 1.82) is 0 Å². The van der Waals surface area contributed by atoms with Gasteiger partial charge in [0.25, 0.3) is 0 Å². The van der Waals surface area contributed by atoms with Crippen LogP contribution < -0.4 is 54.7 Å². The van der Waals surface area contributed by atoms with Gasteiger partial charge < -0.3 is 83.4 Å². The number of aliphatic imine (C=N–C) groups is 1. The fraction of sp³-hybridized carbons (Fsp3) is 0.270. The molecule has 9 N–H and O–H groups in total. The van der Waals surface area contributed by atoms with Crippen LogP contribution in [0.25, 0.3) is 22.4 Å². The van der Waals surface area contributed by atoms with E-state index >= 15 is 0 Å². The third-order valence-electron chi connectivity index (χ3n) is 16.3. The van der Waals surface area contributed by atoms with E-state index in [1.165, 1.54) is 33.4 Å². The van der Waals surface area contributed by atoms with Crippen LogP contribution in [-0.2, 0) is 26.2 Å². The second-order valence-electron chi connectivity index (χ2n) is 24.7. The van der Waals surface area contributed by atoms with Crippen LogP contribution in [0.15, 0.2) is 146 Å². The molecule has 0 aliphatic carbocycles. The summed E-state index contributed by atoms with van der Waals surface area (Å²) in [6.07, 6.45) is 0. The monoisotopic (exact) mass is 1430 g/mol. The Morgan fingerprint density at radius 1 is 0.515 bits per heavy atom. The summed E-state index contributed by atoms with van der Waals surface area (Å²) >= 11 is 15.4. The molecule has 0 bridgehead atoms. The van der Waals surface area contributed by atoms with E-state index in [2.05, 4.69) is 37.9 Å². The number of aromatic nitrogens is 4. The predicted octanol–water partition coefficient (Wildman–Crippen LogP) is 14.1. The summed E-state index contributed by atoms with van der Waals surface area (Å²) in [7, 11) is 0. The molecule has 27 heteroatoms. The molecule has 4 aliphatic heterocycles. The lowest BCUT2D eigenvalue weighted by Crippen LogP contribution is -2.22. The molecule has 10 aromatic rings. The molecule has 0 fully saturated rings. The topological polar surface area (TPSA) is 326 Å². The molecular formula is C74H74N6O18S3. The Kier molecular flexibility index (Phi) is 23.1. The van der Waals surface area contributed by atoms with Crippen LogP contribution in [0, 0.1) is 4.64 Å². The SMILES string of the molecule is CC(C)c1cc(-c2n[nH]c(=O)n2Cc2ccc3c(c2)OCO3)c(O)cc1O.CC(C)c1cc(C(=S)NCc2ccc3c(c2)OCO3)c(O)cc1O.CC(C)c1cc2c(=S)n(Cc3ccc4c(c3)OCO4)c(=O)oc2cc1O.CC(C)c1ccc(O)cc1O.S=C=NCc1ccc2c(c1)OCO2. The molecule has 14 rings (SSSR count). The van der Waals surface area contributed by atoms with Crippen LogP contribution in [0.4, 0.5) is 0 Å². The van der Waals surface area contributed by atoms with Gasteiger partial charge in [0.15, 0.2) is 51.8 Å². The van der Waals surface area contributed by atoms with Gasteiger partial charge in [-0.15, -0.1) is 0 Å². The zero-order valence-corrected chi connectivity index (χ0v) is 58.7. The van der Waals surface area contributed by atoms with Crippen LogP contribution in [0.3, 0.4) is 0 Å². The molecule has 4 aliphatic rings. The summed E-state index contributed by atoms with van der Waals surface area (Å²) in [4.78, 5) is 29.0. The van der Waals surface area contributed by atoms with Gasteiger partial charge in [0, 0.05) is 30.8 Å². The number of hydrogen-bond donors (Lipinski definition) is 9. The summed E-state index contributed by atoms with van der Waals surface area (Å²) in [5.41, 5.74) is 7.49. The number of nitrogens with one attached hydrogen (secondary N) is 2. The lowest BCUT2D eigenvalue weighted by molar-refractivity contribution is 0.173. The van der Waals surface area contributed by atoms with Crippen molar-refractivity contribution >= 4 is 57.8 Å². The quantitative estimate of drug-likeness (QED) is 0.0361. The molecular weight excluding hydrogens is 1360 g/mol. The highest BCUT2D eigenvalue weighted by Crippen LogP contribution is 2.40. The van der Waals surface area contributed by atoms with Crippen LogP contribution in [-0.4, -0.2) is 92.4 Å². The van der Waals surface area contributed by atoms with E-state index < -0.39 is 11.4 Å². The van der Waals surface area contributed by atoms with E-state index in [0.29, 0.717) is 74.6 Å². The van der Waals surface area contributed by atoms with Crippen molar-refractivity contribution in [3.63, 3.8) is 0 Å². The molecule has 8 aromatic carbocycles. The molecule has 0 amide bonds. The molecule has 6 heterocycles. The Labute approximate surface area is 595 Å². The minimum atomic E-state index is -0.572. The smallest absolute Gasteiger partial charge is 0.420 e. The molecule has 0 atom stereocenters. The van der Waals surface area contributed by atoms with Crippen molar-refractivity contribution in [1.82, 2.24) is 24.6 Å². The minimum Gasteiger partial charge on any atom is -0.508 e. The second-order valence-corrected chi connectivity index (χ2v) is 25.6. The molecule has 101 heavy (non-hydrogen) atoms. The summed E-state index contributed by atoms with van der Waals surface area (Å²) in [5, 5.41) is 81.3. The van der Waals surface area contributed by atoms with Crippen LogP contribution in [0.2, 0.25) is 0 Å². The van der Waals surface area contributed by atoms with Crippen molar-refractivity contribution in [2.45, 2.75) is 105 Å². The summed E-state index contributed by atoms with van der Waals surface area (Å²) in [5.74, 6) is 6.17. The molecule has 526 valence electrons. The lowest BCUT2D eigenvalue weighted by Gasteiger charge is -2.14. The largest absolute Gasteiger partial charge is 0.508 e. The lowest BCUT2D eigenvalue weighted by atomic mass is 9.98. The number of hydrogen-bond acceptors (Lipinski definition) is 23. The van der Waals surface area contributed by atoms with Gasteiger partial charge in [0.05, 0.1) is 41.3 Å².